The third kappa shape index (κ3) is 7.06. The number of ether oxygens (including phenoxy) is 1. The molecule has 0 atom stereocenters. The van der Waals surface area contributed by atoms with Gasteiger partial charge in [-0.1, -0.05) is 24.3 Å². The summed E-state index contributed by atoms with van der Waals surface area (Å²) in [6.07, 6.45) is 3.84. The largest absolute Gasteiger partial charge is 0.379 e. The average Bonchev–Trinajstić information content (AvgIpc) is 3.11. The number of nitrogens with zero attached hydrogens (tertiary/aromatic N) is 4. The van der Waals surface area contributed by atoms with Crippen LogP contribution >= 0.6 is 24.0 Å². The van der Waals surface area contributed by atoms with Crippen LogP contribution in [0.25, 0.3) is 0 Å². The number of guanidine groups is 1. The van der Waals surface area contributed by atoms with Gasteiger partial charge in [0.15, 0.2) is 5.96 Å². The van der Waals surface area contributed by atoms with Gasteiger partial charge in [-0.05, 0) is 18.1 Å². The van der Waals surface area contributed by atoms with Gasteiger partial charge in [-0.2, -0.15) is 5.10 Å². The second kappa shape index (κ2) is 12.0. The van der Waals surface area contributed by atoms with Crippen molar-refractivity contribution in [2.24, 2.45) is 12.0 Å². The van der Waals surface area contributed by atoms with Gasteiger partial charge in [0, 0.05) is 51.5 Å². The number of aromatic nitrogens is 2. The summed E-state index contributed by atoms with van der Waals surface area (Å²) in [4.78, 5) is 7.12. The number of benzene rings is 1. The van der Waals surface area contributed by atoms with Gasteiger partial charge in [0.05, 0.1) is 26.0 Å². The van der Waals surface area contributed by atoms with Crippen LogP contribution in [0.1, 0.15) is 23.6 Å². The first kappa shape index (κ1) is 22.6. The van der Waals surface area contributed by atoms with Crippen molar-refractivity contribution in [1.29, 1.82) is 0 Å². The summed E-state index contributed by atoms with van der Waals surface area (Å²) in [6, 6.07) is 8.61. The quantitative estimate of drug-likeness (QED) is 0.348. The number of morpholine rings is 1. The lowest BCUT2D eigenvalue weighted by Gasteiger charge is -2.27. The maximum Gasteiger partial charge on any atom is 0.191 e. The summed E-state index contributed by atoms with van der Waals surface area (Å²) in [5.41, 5.74) is 3.76. The molecule has 1 aromatic heterocycles. The van der Waals surface area contributed by atoms with Gasteiger partial charge in [0.25, 0.3) is 0 Å². The van der Waals surface area contributed by atoms with E-state index in [9.17, 15) is 0 Å². The summed E-state index contributed by atoms with van der Waals surface area (Å²) in [6.45, 7) is 8.87. The Morgan fingerprint density at radius 1 is 1.18 bits per heavy atom. The van der Waals surface area contributed by atoms with Crippen molar-refractivity contribution < 1.29 is 4.74 Å². The molecule has 8 heteroatoms. The highest BCUT2D eigenvalue weighted by Gasteiger charge is 2.12. The first-order chi connectivity index (χ1) is 13.2. The van der Waals surface area contributed by atoms with Crippen molar-refractivity contribution in [3.05, 3.63) is 53.3 Å². The van der Waals surface area contributed by atoms with Crippen LogP contribution < -0.4 is 10.6 Å². The molecule has 0 unspecified atom stereocenters. The van der Waals surface area contributed by atoms with Crippen LogP contribution in [0.3, 0.4) is 0 Å². The molecule has 1 aliphatic heterocycles. The third-order valence-corrected chi connectivity index (χ3v) is 4.58. The fourth-order valence-corrected chi connectivity index (χ4v) is 3.13. The Labute approximate surface area is 184 Å². The lowest BCUT2D eigenvalue weighted by atomic mass is 10.1. The van der Waals surface area contributed by atoms with Gasteiger partial charge >= 0.3 is 0 Å². The maximum atomic E-state index is 5.45. The predicted molar refractivity (Wildman–Crippen MR) is 123 cm³/mol. The predicted octanol–water partition coefficient (Wildman–Crippen LogP) is 2.13. The molecule has 1 aliphatic rings. The highest BCUT2D eigenvalue weighted by Crippen LogP contribution is 2.13. The molecule has 0 radical (unpaired) electrons. The summed E-state index contributed by atoms with van der Waals surface area (Å²) in [5.74, 6) is 0.822. The molecule has 2 N–H and O–H groups in total. The van der Waals surface area contributed by atoms with Crippen LogP contribution in [-0.4, -0.2) is 53.5 Å². The number of nitrogens with one attached hydrogen (secondary N) is 2. The van der Waals surface area contributed by atoms with Gasteiger partial charge in [-0.25, -0.2) is 4.99 Å². The van der Waals surface area contributed by atoms with Crippen LogP contribution in [0.15, 0.2) is 41.7 Å². The van der Waals surface area contributed by atoms with E-state index in [-0.39, 0.29) is 24.0 Å². The van der Waals surface area contributed by atoms with Crippen molar-refractivity contribution >= 4 is 29.9 Å². The first-order valence-corrected chi connectivity index (χ1v) is 9.61. The Balaban J connectivity index is 0.00000280. The van der Waals surface area contributed by atoms with Crippen molar-refractivity contribution in [3.63, 3.8) is 0 Å². The molecule has 2 aromatic rings. The number of halogens is 1. The van der Waals surface area contributed by atoms with E-state index in [1.165, 1.54) is 11.1 Å². The Morgan fingerprint density at radius 2 is 1.93 bits per heavy atom. The van der Waals surface area contributed by atoms with E-state index in [0.29, 0.717) is 6.54 Å². The van der Waals surface area contributed by atoms with E-state index in [4.69, 9.17) is 4.74 Å². The van der Waals surface area contributed by atoms with Crippen molar-refractivity contribution in [3.8, 4) is 0 Å². The van der Waals surface area contributed by atoms with E-state index in [1.807, 2.05) is 19.4 Å². The van der Waals surface area contributed by atoms with E-state index in [2.05, 4.69) is 56.8 Å². The number of hydrogen-bond acceptors (Lipinski definition) is 4. The van der Waals surface area contributed by atoms with E-state index in [1.54, 1.807) is 4.68 Å². The highest BCUT2D eigenvalue weighted by atomic mass is 127. The normalized spacial score (nSPS) is 15.1. The monoisotopic (exact) mass is 498 g/mol. The molecule has 1 fully saturated rings. The zero-order chi connectivity index (χ0) is 18.9. The molecular weight excluding hydrogens is 467 g/mol. The lowest BCUT2D eigenvalue weighted by Crippen LogP contribution is -2.38. The van der Waals surface area contributed by atoms with E-state index >= 15 is 0 Å². The molecule has 0 bridgehead atoms. The SMILES string of the molecule is CCNC(=NCc1cnn(C)c1)NCc1ccccc1CN1CCOCC1.I. The van der Waals surface area contributed by atoms with E-state index < -0.39 is 0 Å². The summed E-state index contributed by atoms with van der Waals surface area (Å²) >= 11 is 0. The van der Waals surface area contributed by atoms with Crippen LogP contribution in [0.2, 0.25) is 0 Å². The molecule has 0 amide bonds. The summed E-state index contributed by atoms with van der Waals surface area (Å²) in [5, 5.41) is 11.0. The van der Waals surface area contributed by atoms with Crippen molar-refractivity contribution in [2.75, 3.05) is 32.8 Å². The second-order valence-corrected chi connectivity index (χ2v) is 6.73. The second-order valence-electron chi connectivity index (χ2n) is 6.73. The summed E-state index contributed by atoms with van der Waals surface area (Å²) in [7, 11) is 1.92. The van der Waals surface area contributed by atoms with Crippen LogP contribution in [0, 0.1) is 0 Å². The third-order valence-electron chi connectivity index (χ3n) is 4.58. The Morgan fingerprint density at radius 3 is 2.61 bits per heavy atom. The minimum atomic E-state index is 0. The Hall–Kier alpha value is -1.65. The molecule has 1 aromatic carbocycles. The van der Waals surface area contributed by atoms with Crippen molar-refractivity contribution in [2.45, 2.75) is 26.6 Å². The minimum Gasteiger partial charge on any atom is -0.379 e. The van der Waals surface area contributed by atoms with Crippen LogP contribution in [0.4, 0.5) is 0 Å². The maximum absolute atomic E-state index is 5.45. The number of aliphatic imine (C=N–C) groups is 1. The topological polar surface area (TPSA) is 66.7 Å². The molecule has 0 aliphatic carbocycles. The number of aryl methyl sites for hydroxylation is 1. The zero-order valence-corrected chi connectivity index (χ0v) is 19.1. The fraction of sp³-hybridized carbons (Fsp3) is 0.500. The molecule has 28 heavy (non-hydrogen) atoms. The fourth-order valence-electron chi connectivity index (χ4n) is 3.13. The minimum absolute atomic E-state index is 0. The Bertz CT molecular complexity index is 742. The molecule has 2 heterocycles. The molecule has 0 saturated carbocycles. The smallest absolute Gasteiger partial charge is 0.191 e. The van der Waals surface area contributed by atoms with Gasteiger partial charge in [0.1, 0.15) is 0 Å². The summed E-state index contributed by atoms with van der Waals surface area (Å²) < 4.78 is 7.25. The van der Waals surface area contributed by atoms with Gasteiger partial charge in [0.2, 0.25) is 0 Å². The number of rotatable bonds is 7. The average molecular weight is 498 g/mol. The first-order valence-electron chi connectivity index (χ1n) is 9.61. The lowest BCUT2D eigenvalue weighted by molar-refractivity contribution is 0.0341. The molecular formula is C20H31IN6O. The molecule has 7 nitrogen and oxygen atoms in total. The van der Waals surface area contributed by atoms with Crippen LogP contribution in [0.5, 0.6) is 0 Å². The number of hydrogen-bond donors (Lipinski definition) is 2. The molecule has 0 spiro atoms. The highest BCUT2D eigenvalue weighted by molar-refractivity contribution is 14.0. The Kier molecular flexibility index (Phi) is 9.72. The molecule has 1 saturated heterocycles. The van der Waals surface area contributed by atoms with Gasteiger partial charge in [-0.3, -0.25) is 9.58 Å². The van der Waals surface area contributed by atoms with Gasteiger partial charge in [-0.15, -0.1) is 24.0 Å². The zero-order valence-electron chi connectivity index (χ0n) is 16.7. The molecule has 154 valence electrons. The van der Waals surface area contributed by atoms with Crippen LogP contribution in [-0.2, 0) is 31.4 Å². The molecule has 3 rings (SSSR count). The standard InChI is InChI=1S/C20H30N6O.HI/c1-3-21-20(22-12-17-13-24-25(2)15-17)23-14-18-6-4-5-7-19(18)16-26-8-10-27-11-9-26;/h4-7,13,15H,3,8-12,14,16H2,1-2H3,(H2,21,22,23);1H. The van der Waals surface area contributed by atoms with E-state index in [0.717, 1.165) is 57.5 Å². The van der Waals surface area contributed by atoms with Gasteiger partial charge < -0.3 is 15.4 Å². The van der Waals surface area contributed by atoms with Crippen molar-refractivity contribution in [1.82, 2.24) is 25.3 Å².